The molecule has 0 N–H and O–H groups in total. The molecule has 98 valence electrons. The number of benzene rings is 1. The van der Waals surface area contributed by atoms with Crippen LogP contribution in [0.1, 0.15) is 12.5 Å². The second kappa shape index (κ2) is 5.96. The molecule has 1 aromatic carbocycles. The first kappa shape index (κ1) is 13.0. The second-order valence-corrected chi connectivity index (χ2v) is 4.43. The Hall–Kier alpha value is -1.42. The summed E-state index contributed by atoms with van der Waals surface area (Å²) in [4.78, 5) is 11.4. The molecule has 0 saturated heterocycles. The highest BCUT2D eigenvalue weighted by molar-refractivity contribution is 6.30. The van der Waals surface area contributed by atoms with Crippen molar-refractivity contribution in [2.24, 2.45) is 0 Å². The largest absolute Gasteiger partial charge is 0.486 e. The smallest absolute Gasteiger partial charge is 0.324 e. The van der Waals surface area contributed by atoms with E-state index in [9.17, 15) is 4.79 Å². The minimum absolute atomic E-state index is 0.337. The van der Waals surface area contributed by atoms with E-state index in [1.54, 1.807) is 6.92 Å². The molecular formula is C13H15ClO4. The Morgan fingerprint density at radius 1 is 1.39 bits per heavy atom. The van der Waals surface area contributed by atoms with Crippen LogP contribution >= 0.6 is 11.6 Å². The zero-order chi connectivity index (χ0) is 13.0. The third-order valence-electron chi connectivity index (χ3n) is 2.56. The second-order valence-electron chi connectivity index (χ2n) is 3.90. The van der Waals surface area contributed by atoms with Crippen LogP contribution < -0.4 is 9.47 Å². The first-order valence-electron chi connectivity index (χ1n) is 5.90. The van der Waals surface area contributed by atoms with Gasteiger partial charge in [0, 0.05) is 0 Å². The summed E-state index contributed by atoms with van der Waals surface area (Å²) in [6.45, 7) is 3.20. The highest BCUT2D eigenvalue weighted by Gasteiger charge is 2.19. The standard InChI is InChI=1S/C13H15ClO4/c1-2-16-13(15)10(14)7-9-3-4-11-12(8-9)18-6-5-17-11/h3-4,8,10H,2,5-7H2,1H3. The predicted octanol–water partition coefficient (Wildman–Crippen LogP) is 2.17. The van der Waals surface area contributed by atoms with Crippen LogP contribution in [0.5, 0.6) is 11.5 Å². The molecule has 1 aliphatic heterocycles. The molecule has 18 heavy (non-hydrogen) atoms. The molecule has 1 atom stereocenters. The minimum atomic E-state index is -0.674. The van der Waals surface area contributed by atoms with Gasteiger partial charge in [0.2, 0.25) is 0 Å². The molecule has 0 aliphatic carbocycles. The van der Waals surface area contributed by atoms with Crippen LogP contribution in [0, 0.1) is 0 Å². The van der Waals surface area contributed by atoms with E-state index in [0.717, 1.165) is 11.3 Å². The fourth-order valence-electron chi connectivity index (χ4n) is 1.74. The summed E-state index contributed by atoms with van der Waals surface area (Å²) >= 11 is 5.98. The number of rotatable bonds is 4. The van der Waals surface area contributed by atoms with Crippen LogP contribution in [0.4, 0.5) is 0 Å². The Balaban J connectivity index is 2.03. The first-order chi connectivity index (χ1) is 8.70. The van der Waals surface area contributed by atoms with Crippen LogP contribution in [-0.2, 0) is 16.0 Å². The molecule has 0 amide bonds. The lowest BCUT2D eigenvalue weighted by atomic mass is 10.1. The van der Waals surface area contributed by atoms with E-state index >= 15 is 0 Å². The molecule has 0 bridgehead atoms. The lowest BCUT2D eigenvalue weighted by molar-refractivity contribution is -0.142. The van der Waals surface area contributed by atoms with E-state index in [1.165, 1.54) is 0 Å². The minimum Gasteiger partial charge on any atom is -0.486 e. The molecule has 0 fully saturated rings. The Morgan fingerprint density at radius 3 is 2.83 bits per heavy atom. The summed E-state index contributed by atoms with van der Waals surface area (Å²) < 4.78 is 15.8. The van der Waals surface area contributed by atoms with E-state index in [2.05, 4.69) is 0 Å². The van der Waals surface area contributed by atoms with E-state index in [-0.39, 0.29) is 0 Å². The number of hydrogen-bond donors (Lipinski definition) is 0. The van der Waals surface area contributed by atoms with Crippen molar-refractivity contribution in [1.82, 2.24) is 0 Å². The molecule has 0 spiro atoms. The number of ether oxygens (including phenoxy) is 3. The van der Waals surface area contributed by atoms with Crippen molar-refractivity contribution in [2.45, 2.75) is 18.7 Å². The lowest BCUT2D eigenvalue weighted by Gasteiger charge is -2.19. The zero-order valence-electron chi connectivity index (χ0n) is 10.1. The van der Waals surface area contributed by atoms with E-state index in [0.29, 0.717) is 32.0 Å². The SMILES string of the molecule is CCOC(=O)C(Cl)Cc1ccc2c(c1)OCCO2. The Labute approximate surface area is 111 Å². The first-order valence-corrected chi connectivity index (χ1v) is 6.33. The number of esters is 1. The Bertz CT molecular complexity index is 433. The van der Waals surface area contributed by atoms with Gasteiger partial charge in [-0.1, -0.05) is 6.07 Å². The van der Waals surface area contributed by atoms with Gasteiger partial charge in [-0.05, 0) is 31.0 Å². The molecule has 0 radical (unpaired) electrons. The molecule has 4 nitrogen and oxygen atoms in total. The topological polar surface area (TPSA) is 44.8 Å². The lowest BCUT2D eigenvalue weighted by Crippen LogP contribution is -2.20. The molecule has 0 aromatic heterocycles. The van der Waals surface area contributed by atoms with Crippen LogP contribution in [-0.4, -0.2) is 31.2 Å². The third kappa shape index (κ3) is 3.07. The summed E-state index contributed by atoms with van der Waals surface area (Å²) in [5.41, 5.74) is 0.923. The van der Waals surface area contributed by atoms with Gasteiger partial charge < -0.3 is 14.2 Å². The van der Waals surface area contributed by atoms with E-state index in [4.69, 9.17) is 25.8 Å². The molecule has 1 heterocycles. The fraction of sp³-hybridized carbons (Fsp3) is 0.462. The van der Waals surface area contributed by atoms with E-state index < -0.39 is 11.3 Å². The maximum absolute atomic E-state index is 11.4. The van der Waals surface area contributed by atoms with Gasteiger partial charge in [0.25, 0.3) is 0 Å². The average Bonchev–Trinajstić information content (AvgIpc) is 2.39. The normalized spacial score (nSPS) is 15.0. The third-order valence-corrected chi connectivity index (χ3v) is 2.90. The van der Waals surface area contributed by atoms with Gasteiger partial charge in [0.1, 0.15) is 18.6 Å². The van der Waals surface area contributed by atoms with Gasteiger partial charge in [-0.15, -0.1) is 11.6 Å². The number of carbonyl (C=O) groups is 1. The summed E-state index contributed by atoms with van der Waals surface area (Å²) in [5, 5.41) is -0.674. The maximum Gasteiger partial charge on any atom is 0.324 e. The number of hydrogen-bond acceptors (Lipinski definition) is 4. The molecular weight excluding hydrogens is 256 g/mol. The Morgan fingerprint density at radius 2 is 2.11 bits per heavy atom. The van der Waals surface area contributed by atoms with Crippen LogP contribution in [0.15, 0.2) is 18.2 Å². The molecule has 1 unspecified atom stereocenters. The molecule has 2 rings (SSSR count). The molecule has 5 heteroatoms. The molecule has 0 saturated carbocycles. The van der Waals surface area contributed by atoms with Gasteiger partial charge in [-0.2, -0.15) is 0 Å². The van der Waals surface area contributed by atoms with Crippen molar-refractivity contribution in [3.8, 4) is 11.5 Å². The van der Waals surface area contributed by atoms with Crippen LogP contribution in [0.25, 0.3) is 0 Å². The predicted molar refractivity (Wildman–Crippen MR) is 67.4 cm³/mol. The van der Waals surface area contributed by atoms with Crippen molar-refractivity contribution in [3.05, 3.63) is 23.8 Å². The van der Waals surface area contributed by atoms with Gasteiger partial charge >= 0.3 is 5.97 Å². The van der Waals surface area contributed by atoms with Gasteiger partial charge in [-0.25, -0.2) is 0 Å². The van der Waals surface area contributed by atoms with Crippen LogP contribution in [0.3, 0.4) is 0 Å². The van der Waals surface area contributed by atoms with Crippen LogP contribution in [0.2, 0.25) is 0 Å². The highest BCUT2D eigenvalue weighted by atomic mass is 35.5. The number of carbonyl (C=O) groups excluding carboxylic acids is 1. The van der Waals surface area contributed by atoms with Crippen molar-refractivity contribution < 1.29 is 19.0 Å². The summed E-state index contributed by atoms with van der Waals surface area (Å²) in [6.07, 6.45) is 0.414. The maximum atomic E-state index is 11.4. The molecule has 1 aromatic rings. The van der Waals surface area contributed by atoms with Crippen molar-refractivity contribution in [1.29, 1.82) is 0 Å². The molecule has 1 aliphatic rings. The zero-order valence-corrected chi connectivity index (χ0v) is 10.9. The fourth-order valence-corrected chi connectivity index (χ4v) is 1.98. The summed E-state index contributed by atoms with van der Waals surface area (Å²) in [5.74, 6) is 1.03. The highest BCUT2D eigenvalue weighted by Crippen LogP contribution is 2.31. The van der Waals surface area contributed by atoms with Crippen molar-refractivity contribution in [2.75, 3.05) is 19.8 Å². The van der Waals surface area contributed by atoms with Crippen molar-refractivity contribution in [3.63, 3.8) is 0 Å². The number of fused-ring (bicyclic) bond motifs is 1. The van der Waals surface area contributed by atoms with Gasteiger partial charge in [-0.3, -0.25) is 4.79 Å². The number of halogens is 1. The average molecular weight is 271 g/mol. The van der Waals surface area contributed by atoms with Gasteiger partial charge in [0.05, 0.1) is 6.61 Å². The van der Waals surface area contributed by atoms with Crippen molar-refractivity contribution >= 4 is 17.6 Å². The Kier molecular flexibility index (Phi) is 4.31. The monoisotopic (exact) mass is 270 g/mol. The van der Waals surface area contributed by atoms with E-state index in [1.807, 2.05) is 18.2 Å². The quantitative estimate of drug-likeness (QED) is 0.621. The summed E-state index contributed by atoms with van der Waals surface area (Å²) in [6, 6.07) is 5.56. The summed E-state index contributed by atoms with van der Waals surface area (Å²) in [7, 11) is 0. The van der Waals surface area contributed by atoms with Gasteiger partial charge in [0.15, 0.2) is 11.5 Å². The number of alkyl halides is 1.